The standard InChI is InChI=1S/C19H17ClN2O.C18H14ClFN2O/c1-12-3-5-13(6-4-12)16-11-15(20)9-14-10-17-19(23)21-7-2-8-22(17)18(14)16;19-13-8-12-9-16-18(23)21-6-1-7-22(16)17(12)15(10-13)11-2-4-14(20)5-3-11/h3-6,9-11H,2,7-8H2,1H3,(H,21,23);2-5,8-10H,1,6-7H2,(H,21,23). The molecule has 0 radical (unpaired) electrons. The molecule has 2 amide bonds. The second-order valence-electron chi connectivity index (χ2n) is 11.7. The van der Waals surface area contributed by atoms with Gasteiger partial charge in [0.05, 0.1) is 11.0 Å². The Bertz CT molecular complexity index is 1980. The van der Waals surface area contributed by atoms with Gasteiger partial charge in [-0.05, 0) is 79.4 Å². The van der Waals surface area contributed by atoms with E-state index in [2.05, 4.69) is 46.4 Å². The largest absolute Gasteiger partial charge is 0.351 e. The number of hydrogen-bond donors (Lipinski definition) is 2. The summed E-state index contributed by atoms with van der Waals surface area (Å²) in [6.45, 7) is 5.05. The van der Waals surface area contributed by atoms with E-state index in [9.17, 15) is 14.0 Å². The van der Waals surface area contributed by atoms with Gasteiger partial charge in [-0.2, -0.15) is 0 Å². The van der Waals surface area contributed by atoms with Crippen LogP contribution in [0.15, 0.2) is 84.9 Å². The van der Waals surface area contributed by atoms with Crippen molar-refractivity contribution in [2.24, 2.45) is 0 Å². The molecule has 0 saturated carbocycles. The summed E-state index contributed by atoms with van der Waals surface area (Å²) in [5.41, 5.74) is 8.62. The van der Waals surface area contributed by atoms with Gasteiger partial charge in [-0.25, -0.2) is 4.39 Å². The Labute approximate surface area is 275 Å². The average molecular weight is 654 g/mol. The minimum absolute atomic E-state index is 0.00956. The van der Waals surface area contributed by atoms with Crippen LogP contribution in [0.4, 0.5) is 4.39 Å². The van der Waals surface area contributed by atoms with Crippen molar-refractivity contribution in [1.82, 2.24) is 19.8 Å². The third-order valence-corrected chi connectivity index (χ3v) is 9.02. The summed E-state index contributed by atoms with van der Waals surface area (Å²) in [4.78, 5) is 24.5. The van der Waals surface area contributed by atoms with Gasteiger partial charge in [0.1, 0.15) is 17.2 Å². The molecule has 6 aromatic rings. The maximum absolute atomic E-state index is 13.2. The summed E-state index contributed by atoms with van der Waals surface area (Å²) in [6, 6.07) is 26.2. The first kappa shape index (κ1) is 30.1. The van der Waals surface area contributed by atoms with Crippen molar-refractivity contribution in [3.63, 3.8) is 0 Å². The second-order valence-corrected chi connectivity index (χ2v) is 12.6. The van der Waals surface area contributed by atoms with Crippen LogP contribution in [0.2, 0.25) is 10.0 Å². The number of nitrogens with zero attached hydrogens (tertiary/aromatic N) is 2. The van der Waals surface area contributed by atoms with E-state index >= 15 is 0 Å². The van der Waals surface area contributed by atoms with Crippen LogP contribution < -0.4 is 10.6 Å². The minimum Gasteiger partial charge on any atom is -0.351 e. The summed E-state index contributed by atoms with van der Waals surface area (Å²) in [7, 11) is 0. The Morgan fingerprint density at radius 2 is 1.07 bits per heavy atom. The Balaban J connectivity index is 0.000000147. The molecule has 0 atom stereocenters. The highest BCUT2D eigenvalue weighted by atomic mass is 35.5. The Morgan fingerprint density at radius 1 is 0.630 bits per heavy atom. The predicted octanol–water partition coefficient (Wildman–Crippen LogP) is 8.64. The molecule has 2 aliphatic heterocycles. The number of amides is 2. The number of fused-ring (bicyclic) bond motifs is 6. The number of nitrogens with one attached hydrogen (secondary N) is 2. The van der Waals surface area contributed by atoms with Crippen LogP contribution >= 0.6 is 23.2 Å². The van der Waals surface area contributed by atoms with Gasteiger partial charge in [-0.1, -0.05) is 65.2 Å². The monoisotopic (exact) mass is 652 g/mol. The van der Waals surface area contributed by atoms with Crippen molar-refractivity contribution in [2.45, 2.75) is 32.9 Å². The minimum atomic E-state index is -0.277. The van der Waals surface area contributed by atoms with Crippen molar-refractivity contribution >= 4 is 56.8 Å². The molecule has 6 nitrogen and oxygen atoms in total. The number of hydrogen-bond acceptors (Lipinski definition) is 2. The van der Waals surface area contributed by atoms with E-state index in [0.29, 0.717) is 28.0 Å². The molecule has 8 rings (SSSR count). The van der Waals surface area contributed by atoms with Crippen molar-refractivity contribution in [2.75, 3.05) is 13.1 Å². The Hall–Kier alpha value is -4.59. The van der Waals surface area contributed by atoms with Gasteiger partial charge in [-0.15, -0.1) is 0 Å². The molecule has 9 heteroatoms. The molecule has 2 aromatic heterocycles. The highest BCUT2D eigenvalue weighted by Crippen LogP contribution is 2.36. The zero-order valence-corrected chi connectivity index (χ0v) is 26.7. The molecule has 4 heterocycles. The first-order valence-electron chi connectivity index (χ1n) is 15.3. The van der Waals surface area contributed by atoms with Crippen LogP contribution in [0.1, 0.15) is 39.4 Å². The maximum Gasteiger partial charge on any atom is 0.267 e. The van der Waals surface area contributed by atoms with E-state index in [0.717, 1.165) is 76.5 Å². The Morgan fingerprint density at radius 3 is 1.52 bits per heavy atom. The number of halogens is 3. The van der Waals surface area contributed by atoms with Gasteiger partial charge in [0.2, 0.25) is 0 Å². The lowest BCUT2D eigenvalue weighted by molar-refractivity contribution is 0.0943. The SMILES string of the molecule is Cc1ccc(-c2cc(Cl)cc3cc4n(c23)CCCNC4=O)cc1.O=C1NCCCn2c1cc1cc(Cl)cc(-c3ccc(F)cc3)c12. The van der Waals surface area contributed by atoms with Gasteiger partial charge >= 0.3 is 0 Å². The van der Waals surface area contributed by atoms with Gasteiger partial charge in [-0.3, -0.25) is 9.59 Å². The van der Waals surface area contributed by atoms with Gasteiger partial charge in [0, 0.05) is 58.1 Å². The van der Waals surface area contributed by atoms with Gasteiger partial charge < -0.3 is 19.8 Å². The van der Waals surface area contributed by atoms with E-state index in [1.165, 1.54) is 17.7 Å². The topological polar surface area (TPSA) is 68.1 Å². The smallest absolute Gasteiger partial charge is 0.267 e. The Kier molecular flexibility index (Phi) is 8.05. The molecular formula is C37H31Cl2FN4O2. The maximum atomic E-state index is 13.2. The summed E-state index contributed by atoms with van der Waals surface area (Å²) in [5.74, 6) is -0.357. The first-order chi connectivity index (χ1) is 22.3. The zero-order valence-electron chi connectivity index (χ0n) is 25.2. The zero-order chi connectivity index (χ0) is 31.9. The number of benzene rings is 4. The summed E-state index contributed by atoms with van der Waals surface area (Å²) < 4.78 is 17.4. The van der Waals surface area contributed by atoms with Crippen molar-refractivity contribution in [3.8, 4) is 22.3 Å². The number of carbonyl (C=O) groups excluding carboxylic acids is 2. The fourth-order valence-electron chi connectivity index (χ4n) is 6.46. The van der Waals surface area contributed by atoms with Crippen molar-refractivity contribution in [1.29, 1.82) is 0 Å². The highest BCUT2D eigenvalue weighted by Gasteiger charge is 2.22. The molecule has 0 saturated heterocycles. The third kappa shape index (κ3) is 5.65. The van der Waals surface area contributed by atoms with E-state index in [4.69, 9.17) is 23.2 Å². The average Bonchev–Trinajstić information content (AvgIpc) is 3.47. The molecule has 0 aliphatic carbocycles. The van der Waals surface area contributed by atoms with Crippen LogP contribution in [0, 0.1) is 12.7 Å². The van der Waals surface area contributed by atoms with Crippen LogP contribution in [-0.4, -0.2) is 34.0 Å². The normalized spacial score (nSPS) is 14.4. The molecule has 232 valence electrons. The van der Waals surface area contributed by atoms with Crippen LogP contribution in [0.5, 0.6) is 0 Å². The molecule has 0 spiro atoms. The lowest BCUT2D eigenvalue weighted by Crippen LogP contribution is -2.22. The van der Waals surface area contributed by atoms with Gasteiger partial charge in [0.25, 0.3) is 11.8 Å². The quantitative estimate of drug-likeness (QED) is 0.197. The van der Waals surface area contributed by atoms with E-state index in [-0.39, 0.29) is 17.6 Å². The number of aromatic nitrogens is 2. The van der Waals surface area contributed by atoms with Gasteiger partial charge in [0.15, 0.2) is 0 Å². The summed E-state index contributed by atoms with van der Waals surface area (Å²) in [6.07, 6.45) is 1.80. The van der Waals surface area contributed by atoms with Crippen LogP contribution in [0.25, 0.3) is 44.1 Å². The second kappa shape index (κ2) is 12.3. The fraction of sp³-hybridized carbons (Fsp3) is 0.189. The highest BCUT2D eigenvalue weighted by molar-refractivity contribution is 6.32. The van der Waals surface area contributed by atoms with Crippen LogP contribution in [-0.2, 0) is 13.1 Å². The molecule has 2 aliphatic rings. The molecule has 2 N–H and O–H groups in total. The molecular weight excluding hydrogens is 622 g/mol. The third-order valence-electron chi connectivity index (χ3n) is 8.59. The van der Waals surface area contributed by atoms with Crippen molar-refractivity contribution < 1.29 is 14.0 Å². The number of carbonyl (C=O) groups is 2. The number of aryl methyl sites for hydroxylation is 3. The van der Waals surface area contributed by atoms with Crippen molar-refractivity contribution in [3.05, 3.63) is 118 Å². The lowest BCUT2D eigenvalue weighted by atomic mass is 10.0. The molecule has 0 fully saturated rings. The van der Waals surface area contributed by atoms with Crippen LogP contribution in [0.3, 0.4) is 0 Å². The fourth-order valence-corrected chi connectivity index (χ4v) is 6.91. The molecule has 4 aromatic carbocycles. The van der Waals surface area contributed by atoms with E-state index in [1.807, 2.05) is 41.0 Å². The molecule has 0 unspecified atom stereocenters. The lowest BCUT2D eigenvalue weighted by Gasteiger charge is -2.11. The molecule has 0 bridgehead atoms. The predicted molar refractivity (Wildman–Crippen MR) is 183 cm³/mol. The summed E-state index contributed by atoms with van der Waals surface area (Å²) >= 11 is 12.6. The van der Waals surface area contributed by atoms with E-state index in [1.54, 1.807) is 12.1 Å². The first-order valence-corrected chi connectivity index (χ1v) is 16.1. The van der Waals surface area contributed by atoms with E-state index < -0.39 is 0 Å². The summed E-state index contributed by atoms with van der Waals surface area (Å²) in [5, 5.41) is 9.07. The number of rotatable bonds is 2. The molecule has 46 heavy (non-hydrogen) atoms.